The van der Waals surface area contributed by atoms with E-state index < -0.39 is 0 Å². The van der Waals surface area contributed by atoms with Gasteiger partial charge in [-0.15, -0.1) is 0 Å². The molecule has 1 aromatic heterocycles. The normalized spacial score (nSPS) is 22.2. The van der Waals surface area contributed by atoms with E-state index in [1.807, 2.05) is 30.5 Å². The average molecular weight is 252 g/mol. The fourth-order valence-electron chi connectivity index (χ4n) is 2.72. The lowest BCUT2D eigenvalue weighted by molar-refractivity contribution is -0.119. The summed E-state index contributed by atoms with van der Waals surface area (Å²) >= 11 is 0. The van der Waals surface area contributed by atoms with Crippen LogP contribution < -0.4 is 5.32 Å². The zero-order chi connectivity index (χ0) is 13.1. The Morgan fingerprint density at radius 2 is 2.00 bits per heavy atom. The Hall–Kier alpha value is -2.16. The number of carbonyl (C=O) groups excluding carboxylic acids is 1. The van der Waals surface area contributed by atoms with Gasteiger partial charge in [-0.2, -0.15) is 0 Å². The van der Waals surface area contributed by atoms with Gasteiger partial charge in [-0.25, -0.2) is 0 Å². The molecule has 3 rings (SSSR count). The van der Waals surface area contributed by atoms with E-state index in [-0.39, 0.29) is 17.9 Å². The van der Waals surface area contributed by atoms with Crippen LogP contribution in [-0.2, 0) is 11.2 Å². The summed E-state index contributed by atoms with van der Waals surface area (Å²) in [5, 5.41) is 3.08. The van der Waals surface area contributed by atoms with Crippen molar-refractivity contribution in [1.82, 2.24) is 10.3 Å². The third kappa shape index (κ3) is 2.65. The second-order valence-electron chi connectivity index (χ2n) is 4.96. The number of rotatable bonds is 3. The van der Waals surface area contributed by atoms with E-state index in [1.165, 1.54) is 5.56 Å². The van der Waals surface area contributed by atoms with Crippen molar-refractivity contribution in [2.45, 2.75) is 24.8 Å². The molecule has 1 amide bonds. The molecule has 1 N–H and O–H groups in total. The maximum absolute atomic E-state index is 11.7. The first-order chi connectivity index (χ1) is 9.33. The van der Waals surface area contributed by atoms with Crippen LogP contribution in [0.5, 0.6) is 0 Å². The smallest absolute Gasteiger partial charge is 0.220 e. The van der Waals surface area contributed by atoms with E-state index in [0.717, 1.165) is 12.0 Å². The highest BCUT2D eigenvalue weighted by molar-refractivity contribution is 5.80. The summed E-state index contributed by atoms with van der Waals surface area (Å²) in [4.78, 5) is 15.9. The number of hydrogen-bond acceptors (Lipinski definition) is 2. The molecule has 0 radical (unpaired) electrons. The Morgan fingerprint density at radius 1 is 1.16 bits per heavy atom. The van der Waals surface area contributed by atoms with Gasteiger partial charge >= 0.3 is 0 Å². The van der Waals surface area contributed by atoms with Gasteiger partial charge in [0.05, 0.1) is 0 Å². The molecule has 1 aliphatic heterocycles. The molecule has 3 heteroatoms. The van der Waals surface area contributed by atoms with Crippen molar-refractivity contribution in [2.24, 2.45) is 0 Å². The van der Waals surface area contributed by atoms with Crippen LogP contribution >= 0.6 is 0 Å². The van der Waals surface area contributed by atoms with Crippen molar-refractivity contribution in [1.29, 1.82) is 0 Å². The van der Waals surface area contributed by atoms with E-state index in [0.29, 0.717) is 6.42 Å². The molecular weight excluding hydrogens is 236 g/mol. The van der Waals surface area contributed by atoms with E-state index in [1.54, 1.807) is 6.20 Å². The van der Waals surface area contributed by atoms with Crippen LogP contribution in [0.3, 0.4) is 0 Å². The van der Waals surface area contributed by atoms with Crippen molar-refractivity contribution in [2.75, 3.05) is 0 Å². The van der Waals surface area contributed by atoms with E-state index in [9.17, 15) is 4.79 Å². The average Bonchev–Trinajstić information content (AvgIpc) is 2.82. The molecule has 2 aromatic rings. The monoisotopic (exact) mass is 252 g/mol. The lowest BCUT2D eigenvalue weighted by Gasteiger charge is -2.19. The summed E-state index contributed by atoms with van der Waals surface area (Å²) in [5.41, 5.74) is 2.39. The van der Waals surface area contributed by atoms with Gasteiger partial charge in [0.15, 0.2) is 0 Å². The van der Waals surface area contributed by atoms with Gasteiger partial charge in [0, 0.05) is 30.8 Å². The van der Waals surface area contributed by atoms with E-state index >= 15 is 0 Å². The maximum atomic E-state index is 11.7. The number of benzene rings is 1. The molecule has 1 aliphatic rings. The van der Waals surface area contributed by atoms with Crippen LogP contribution in [0.15, 0.2) is 54.9 Å². The van der Waals surface area contributed by atoms with Gasteiger partial charge in [0.25, 0.3) is 0 Å². The number of amides is 1. The first-order valence-electron chi connectivity index (χ1n) is 6.56. The molecule has 1 fully saturated rings. The molecule has 0 spiro atoms. The molecule has 0 bridgehead atoms. The minimum atomic E-state index is 0.134. The van der Waals surface area contributed by atoms with Crippen LogP contribution in [-0.4, -0.2) is 16.9 Å². The van der Waals surface area contributed by atoms with Crippen LogP contribution in [0.25, 0.3) is 0 Å². The van der Waals surface area contributed by atoms with Crippen LogP contribution in [0.2, 0.25) is 0 Å². The molecule has 1 saturated heterocycles. The Labute approximate surface area is 112 Å². The van der Waals surface area contributed by atoms with Gasteiger partial charge < -0.3 is 5.32 Å². The van der Waals surface area contributed by atoms with Crippen molar-refractivity contribution in [3.8, 4) is 0 Å². The fraction of sp³-hybridized carbons (Fsp3) is 0.250. The van der Waals surface area contributed by atoms with Crippen molar-refractivity contribution in [3.63, 3.8) is 0 Å². The van der Waals surface area contributed by atoms with Gasteiger partial charge in [0.2, 0.25) is 5.91 Å². The lowest BCUT2D eigenvalue weighted by atomic mass is 9.89. The SMILES string of the molecule is O=C1CC(c2cccnc2)C(Cc2ccccc2)N1. The van der Waals surface area contributed by atoms with Crippen LogP contribution in [0.1, 0.15) is 23.5 Å². The molecule has 0 aliphatic carbocycles. The van der Waals surface area contributed by atoms with E-state index in [4.69, 9.17) is 0 Å². The molecule has 2 atom stereocenters. The number of aromatic nitrogens is 1. The summed E-state index contributed by atoms with van der Waals surface area (Å²) in [7, 11) is 0. The molecule has 19 heavy (non-hydrogen) atoms. The molecule has 3 nitrogen and oxygen atoms in total. The lowest BCUT2D eigenvalue weighted by Crippen LogP contribution is -2.30. The number of hydrogen-bond donors (Lipinski definition) is 1. The highest BCUT2D eigenvalue weighted by Crippen LogP contribution is 2.29. The van der Waals surface area contributed by atoms with Gasteiger partial charge in [-0.05, 0) is 23.6 Å². The second-order valence-corrected chi connectivity index (χ2v) is 4.96. The first-order valence-corrected chi connectivity index (χ1v) is 6.56. The van der Waals surface area contributed by atoms with Gasteiger partial charge in [-0.3, -0.25) is 9.78 Å². The number of pyridine rings is 1. The minimum Gasteiger partial charge on any atom is -0.352 e. The predicted molar refractivity (Wildman–Crippen MR) is 73.7 cm³/mol. The number of nitrogens with zero attached hydrogens (tertiary/aromatic N) is 1. The fourth-order valence-corrected chi connectivity index (χ4v) is 2.72. The summed E-state index contributed by atoms with van der Waals surface area (Å²) in [6.07, 6.45) is 5.05. The van der Waals surface area contributed by atoms with Crippen LogP contribution in [0, 0.1) is 0 Å². The summed E-state index contributed by atoms with van der Waals surface area (Å²) < 4.78 is 0. The Morgan fingerprint density at radius 3 is 2.74 bits per heavy atom. The largest absolute Gasteiger partial charge is 0.352 e. The number of carbonyl (C=O) groups is 1. The van der Waals surface area contributed by atoms with Crippen LogP contribution in [0.4, 0.5) is 0 Å². The second kappa shape index (κ2) is 5.22. The molecular formula is C16H16N2O. The summed E-state index contributed by atoms with van der Waals surface area (Å²) in [6.45, 7) is 0. The molecule has 96 valence electrons. The molecule has 2 unspecified atom stereocenters. The topological polar surface area (TPSA) is 42.0 Å². The highest BCUT2D eigenvalue weighted by Gasteiger charge is 2.33. The quantitative estimate of drug-likeness (QED) is 0.910. The summed E-state index contributed by atoms with van der Waals surface area (Å²) in [6, 6.07) is 14.4. The van der Waals surface area contributed by atoms with E-state index in [2.05, 4.69) is 28.5 Å². The zero-order valence-corrected chi connectivity index (χ0v) is 10.6. The zero-order valence-electron chi connectivity index (χ0n) is 10.6. The Balaban J connectivity index is 1.81. The summed E-state index contributed by atoms with van der Waals surface area (Å²) in [5.74, 6) is 0.358. The third-order valence-corrected chi connectivity index (χ3v) is 3.65. The van der Waals surface area contributed by atoms with Crippen molar-refractivity contribution >= 4 is 5.91 Å². The predicted octanol–water partition coefficient (Wildman–Crippen LogP) is 2.30. The number of nitrogens with one attached hydrogen (secondary N) is 1. The first kappa shape index (κ1) is 11.9. The van der Waals surface area contributed by atoms with Gasteiger partial charge in [0.1, 0.15) is 0 Å². The minimum absolute atomic E-state index is 0.134. The van der Waals surface area contributed by atoms with Gasteiger partial charge in [-0.1, -0.05) is 36.4 Å². The Kier molecular flexibility index (Phi) is 3.27. The standard InChI is InChI=1S/C16H16N2O/c19-16-10-14(13-7-4-8-17-11-13)15(18-16)9-12-5-2-1-3-6-12/h1-8,11,14-15H,9-10H2,(H,18,19). The Bertz CT molecular complexity index is 553. The van der Waals surface area contributed by atoms with Crippen molar-refractivity contribution in [3.05, 3.63) is 66.0 Å². The maximum Gasteiger partial charge on any atom is 0.220 e. The molecule has 2 heterocycles. The molecule has 0 saturated carbocycles. The third-order valence-electron chi connectivity index (χ3n) is 3.65. The van der Waals surface area contributed by atoms with Crippen molar-refractivity contribution < 1.29 is 4.79 Å². The highest BCUT2D eigenvalue weighted by atomic mass is 16.2. The molecule has 1 aromatic carbocycles.